The van der Waals surface area contributed by atoms with Gasteiger partial charge in [-0.25, -0.2) is 0 Å². The standard InChI is InChI=1S/C14H18N4O/c1-18(14-8-5-12(9-15)16-17-14)10-11-3-6-13(19-2)7-4-11/h3-8H,9-10,15H2,1-2H3. The molecule has 0 bridgehead atoms. The summed E-state index contributed by atoms with van der Waals surface area (Å²) in [6.07, 6.45) is 0. The van der Waals surface area contributed by atoms with Crippen molar-refractivity contribution in [2.45, 2.75) is 13.1 Å². The molecule has 2 aromatic rings. The van der Waals surface area contributed by atoms with E-state index in [1.54, 1.807) is 7.11 Å². The lowest BCUT2D eigenvalue weighted by atomic mass is 10.2. The minimum atomic E-state index is 0.412. The van der Waals surface area contributed by atoms with Crippen molar-refractivity contribution in [3.05, 3.63) is 47.7 Å². The van der Waals surface area contributed by atoms with Crippen LogP contribution in [0.1, 0.15) is 11.3 Å². The Morgan fingerprint density at radius 2 is 1.84 bits per heavy atom. The van der Waals surface area contributed by atoms with Crippen LogP contribution in [0.3, 0.4) is 0 Å². The monoisotopic (exact) mass is 258 g/mol. The van der Waals surface area contributed by atoms with Crippen LogP contribution < -0.4 is 15.4 Å². The van der Waals surface area contributed by atoms with Gasteiger partial charge in [0, 0.05) is 20.1 Å². The number of ether oxygens (including phenoxy) is 1. The maximum Gasteiger partial charge on any atom is 0.151 e. The van der Waals surface area contributed by atoms with Gasteiger partial charge in [0.1, 0.15) is 5.75 Å². The van der Waals surface area contributed by atoms with Crippen LogP contribution in [0, 0.1) is 0 Å². The first-order valence-corrected chi connectivity index (χ1v) is 6.09. The fraction of sp³-hybridized carbons (Fsp3) is 0.286. The number of benzene rings is 1. The Morgan fingerprint density at radius 3 is 2.37 bits per heavy atom. The molecule has 5 heteroatoms. The minimum absolute atomic E-state index is 0.412. The van der Waals surface area contributed by atoms with Crippen LogP contribution in [-0.2, 0) is 13.1 Å². The predicted octanol–water partition coefficient (Wildman–Crippen LogP) is 1.58. The van der Waals surface area contributed by atoms with Crippen molar-refractivity contribution in [3.8, 4) is 5.75 Å². The van der Waals surface area contributed by atoms with Crippen LogP contribution in [0.2, 0.25) is 0 Å². The molecule has 0 saturated carbocycles. The molecule has 19 heavy (non-hydrogen) atoms. The Labute approximate surface area is 113 Å². The Morgan fingerprint density at radius 1 is 1.11 bits per heavy atom. The molecule has 1 aromatic heterocycles. The molecular formula is C14H18N4O. The summed E-state index contributed by atoms with van der Waals surface area (Å²) < 4.78 is 5.14. The number of rotatable bonds is 5. The number of nitrogens with zero attached hydrogens (tertiary/aromatic N) is 3. The third-order valence-electron chi connectivity index (χ3n) is 2.88. The molecule has 0 amide bonds. The van der Waals surface area contributed by atoms with Gasteiger partial charge in [0.15, 0.2) is 5.82 Å². The molecular weight excluding hydrogens is 240 g/mol. The van der Waals surface area contributed by atoms with E-state index in [-0.39, 0.29) is 0 Å². The quantitative estimate of drug-likeness (QED) is 0.882. The Kier molecular flexibility index (Phi) is 4.30. The van der Waals surface area contributed by atoms with E-state index in [1.807, 2.05) is 48.3 Å². The lowest BCUT2D eigenvalue weighted by molar-refractivity contribution is 0.414. The van der Waals surface area contributed by atoms with Crippen molar-refractivity contribution in [3.63, 3.8) is 0 Å². The van der Waals surface area contributed by atoms with Gasteiger partial charge in [0.05, 0.1) is 12.8 Å². The van der Waals surface area contributed by atoms with Gasteiger partial charge >= 0.3 is 0 Å². The topological polar surface area (TPSA) is 64.3 Å². The van der Waals surface area contributed by atoms with Gasteiger partial charge < -0.3 is 15.4 Å². The van der Waals surface area contributed by atoms with Gasteiger partial charge in [-0.15, -0.1) is 5.10 Å². The summed E-state index contributed by atoms with van der Waals surface area (Å²) in [5, 5.41) is 8.20. The van der Waals surface area contributed by atoms with Gasteiger partial charge in [-0.3, -0.25) is 0 Å². The van der Waals surface area contributed by atoms with Crippen LogP contribution in [0.4, 0.5) is 5.82 Å². The van der Waals surface area contributed by atoms with Crippen LogP contribution >= 0.6 is 0 Å². The fourth-order valence-electron chi connectivity index (χ4n) is 1.75. The highest BCUT2D eigenvalue weighted by molar-refractivity contribution is 5.38. The summed E-state index contributed by atoms with van der Waals surface area (Å²) >= 11 is 0. The second kappa shape index (κ2) is 6.15. The maximum atomic E-state index is 5.50. The van der Waals surface area contributed by atoms with Crippen LogP contribution in [0.5, 0.6) is 5.75 Å². The van der Waals surface area contributed by atoms with Crippen LogP contribution in [-0.4, -0.2) is 24.4 Å². The highest BCUT2D eigenvalue weighted by atomic mass is 16.5. The van der Waals surface area contributed by atoms with Gasteiger partial charge in [-0.2, -0.15) is 5.10 Å². The zero-order valence-corrected chi connectivity index (χ0v) is 11.2. The predicted molar refractivity (Wildman–Crippen MR) is 75.0 cm³/mol. The van der Waals surface area contributed by atoms with E-state index in [0.29, 0.717) is 6.54 Å². The highest BCUT2D eigenvalue weighted by Crippen LogP contribution is 2.15. The molecule has 0 radical (unpaired) electrons. The molecule has 0 unspecified atom stereocenters. The Bertz CT molecular complexity index is 510. The van der Waals surface area contributed by atoms with Crippen LogP contribution in [0.25, 0.3) is 0 Å². The number of anilines is 1. The molecule has 0 spiro atoms. The third kappa shape index (κ3) is 3.42. The fourth-order valence-corrected chi connectivity index (χ4v) is 1.75. The summed E-state index contributed by atoms with van der Waals surface area (Å²) in [6, 6.07) is 11.8. The second-order valence-corrected chi connectivity index (χ2v) is 4.29. The van der Waals surface area contributed by atoms with E-state index in [1.165, 1.54) is 5.56 Å². The number of hydrogen-bond donors (Lipinski definition) is 1. The van der Waals surface area contributed by atoms with Crippen molar-refractivity contribution in [2.24, 2.45) is 5.73 Å². The molecule has 0 aliphatic heterocycles. The van der Waals surface area contributed by atoms with Crippen molar-refractivity contribution in [1.82, 2.24) is 10.2 Å². The average Bonchev–Trinajstić information content (AvgIpc) is 2.48. The van der Waals surface area contributed by atoms with E-state index in [4.69, 9.17) is 10.5 Å². The maximum absolute atomic E-state index is 5.50. The van der Waals surface area contributed by atoms with Crippen molar-refractivity contribution in [2.75, 3.05) is 19.1 Å². The lowest BCUT2D eigenvalue weighted by Crippen LogP contribution is -2.18. The Hall–Kier alpha value is -2.14. The zero-order valence-electron chi connectivity index (χ0n) is 11.2. The van der Waals surface area contributed by atoms with Gasteiger partial charge in [0.2, 0.25) is 0 Å². The van der Waals surface area contributed by atoms with Crippen molar-refractivity contribution >= 4 is 5.82 Å². The van der Waals surface area contributed by atoms with Gasteiger partial charge in [0.25, 0.3) is 0 Å². The zero-order chi connectivity index (χ0) is 13.7. The van der Waals surface area contributed by atoms with Gasteiger partial charge in [-0.1, -0.05) is 12.1 Å². The molecule has 0 aliphatic rings. The van der Waals surface area contributed by atoms with E-state index in [2.05, 4.69) is 10.2 Å². The number of methoxy groups -OCH3 is 1. The minimum Gasteiger partial charge on any atom is -0.497 e. The highest BCUT2D eigenvalue weighted by Gasteiger charge is 2.04. The first kappa shape index (κ1) is 13.3. The van der Waals surface area contributed by atoms with E-state index < -0.39 is 0 Å². The smallest absolute Gasteiger partial charge is 0.151 e. The van der Waals surface area contributed by atoms with E-state index >= 15 is 0 Å². The molecule has 1 heterocycles. The summed E-state index contributed by atoms with van der Waals surface area (Å²) in [5.74, 6) is 1.69. The molecule has 1 aromatic carbocycles. The number of aromatic nitrogens is 2. The first-order valence-electron chi connectivity index (χ1n) is 6.09. The lowest BCUT2D eigenvalue weighted by Gasteiger charge is -2.17. The number of hydrogen-bond acceptors (Lipinski definition) is 5. The van der Waals surface area contributed by atoms with E-state index in [0.717, 1.165) is 23.8 Å². The summed E-state index contributed by atoms with van der Waals surface area (Å²) in [7, 11) is 3.64. The molecule has 5 nitrogen and oxygen atoms in total. The molecule has 2 N–H and O–H groups in total. The average molecular weight is 258 g/mol. The molecule has 2 rings (SSSR count). The first-order chi connectivity index (χ1) is 9.22. The van der Waals surface area contributed by atoms with Gasteiger partial charge in [-0.05, 0) is 29.8 Å². The molecule has 0 atom stereocenters. The van der Waals surface area contributed by atoms with Crippen molar-refractivity contribution in [1.29, 1.82) is 0 Å². The second-order valence-electron chi connectivity index (χ2n) is 4.29. The third-order valence-corrected chi connectivity index (χ3v) is 2.88. The van der Waals surface area contributed by atoms with Crippen molar-refractivity contribution < 1.29 is 4.74 Å². The number of nitrogens with two attached hydrogens (primary N) is 1. The van der Waals surface area contributed by atoms with E-state index in [9.17, 15) is 0 Å². The molecule has 0 aliphatic carbocycles. The normalized spacial score (nSPS) is 10.3. The Balaban J connectivity index is 2.04. The molecule has 0 fully saturated rings. The molecule has 100 valence electrons. The SMILES string of the molecule is COc1ccc(CN(C)c2ccc(CN)nn2)cc1. The summed E-state index contributed by atoms with van der Waals surface area (Å²) in [4.78, 5) is 2.04. The molecule has 0 saturated heterocycles. The largest absolute Gasteiger partial charge is 0.497 e. The summed E-state index contributed by atoms with van der Waals surface area (Å²) in [6.45, 7) is 1.18. The summed E-state index contributed by atoms with van der Waals surface area (Å²) in [5.41, 5.74) is 7.48. The van der Waals surface area contributed by atoms with Crippen LogP contribution in [0.15, 0.2) is 36.4 Å².